The Hall–Kier alpha value is -3.26. The van der Waals surface area contributed by atoms with Crippen LogP contribution in [0, 0.1) is 0 Å². The van der Waals surface area contributed by atoms with Gasteiger partial charge in [-0.1, -0.05) is 49.4 Å². The molecule has 0 saturated carbocycles. The highest BCUT2D eigenvalue weighted by Gasteiger charge is 2.21. The van der Waals surface area contributed by atoms with Gasteiger partial charge in [-0.05, 0) is 35.9 Å². The molecular weight excluding hydrogens is 424 g/mol. The van der Waals surface area contributed by atoms with Gasteiger partial charge >= 0.3 is 6.61 Å². The summed E-state index contributed by atoms with van der Waals surface area (Å²) in [7, 11) is -3.60. The molecule has 1 N–H and O–H groups in total. The van der Waals surface area contributed by atoms with Gasteiger partial charge in [-0.25, -0.2) is 8.42 Å². The molecule has 0 spiro atoms. The van der Waals surface area contributed by atoms with E-state index < -0.39 is 22.4 Å². The normalized spacial score (nSPS) is 11.4. The standard InChI is InChI=1S/C23H21F2NO4S/c1-2-31(28,29)21-11-7-6-10-19(21)22(27)26-18-12-13-20(30-23(24)25)17(15-18)14-16-8-4-3-5-9-16/h3-13,15,23H,2,14H2,1H3,(H,26,27). The van der Waals surface area contributed by atoms with Crippen molar-refractivity contribution in [3.05, 3.63) is 89.5 Å². The van der Waals surface area contributed by atoms with Gasteiger partial charge in [-0.2, -0.15) is 8.78 Å². The molecule has 0 atom stereocenters. The summed E-state index contributed by atoms with van der Waals surface area (Å²) in [5, 5.41) is 2.66. The quantitative estimate of drug-likeness (QED) is 0.534. The Balaban J connectivity index is 1.92. The Bertz CT molecular complexity index is 1170. The molecule has 0 unspecified atom stereocenters. The lowest BCUT2D eigenvalue weighted by Gasteiger charge is -2.14. The van der Waals surface area contributed by atoms with Crippen molar-refractivity contribution in [2.45, 2.75) is 24.9 Å². The van der Waals surface area contributed by atoms with Crippen molar-refractivity contribution in [1.82, 2.24) is 0 Å². The van der Waals surface area contributed by atoms with Gasteiger partial charge in [0.25, 0.3) is 5.91 Å². The first-order valence-corrected chi connectivity index (χ1v) is 11.2. The summed E-state index contributed by atoms with van der Waals surface area (Å²) in [6.07, 6.45) is 0.313. The number of amides is 1. The topological polar surface area (TPSA) is 72.5 Å². The van der Waals surface area contributed by atoms with Gasteiger partial charge in [0.05, 0.1) is 16.2 Å². The number of ether oxygens (including phenoxy) is 1. The lowest BCUT2D eigenvalue weighted by Crippen LogP contribution is -2.17. The van der Waals surface area contributed by atoms with E-state index >= 15 is 0 Å². The molecule has 3 aromatic carbocycles. The van der Waals surface area contributed by atoms with E-state index in [-0.39, 0.29) is 22.0 Å². The van der Waals surface area contributed by atoms with Crippen LogP contribution < -0.4 is 10.1 Å². The highest BCUT2D eigenvalue weighted by atomic mass is 32.2. The van der Waals surface area contributed by atoms with Crippen molar-refractivity contribution in [2.75, 3.05) is 11.1 Å². The average Bonchev–Trinajstić information content (AvgIpc) is 2.76. The summed E-state index contributed by atoms with van der Waals surface area (Å²) >= 11 is 0. The van der Waals surface area contributed by atoms with E-state index in [1.807, 2.05) is 30.3 Å². The van der Waals surface area contributed by atoms with Crippen molar-refractivity contribution in [3.63, 3.8) is 0 Å². The Morgan fingerprint density at radius 2 is 1.68 bits per heavy atom. The lowest BCUT2D eigenvalue weighted by molar-refractivity contribution is -0.0503. The van der Waals surface area contributed by atoms with Crippen LogP contribution >= 0.6 is 0 Å². The maximum absolute atomic E-state index is 12.8. The van der Waals surface area contributed by atoms with Crippen LogP contribution in [0.3, 0.4) is 0 Å². The molecule has 0 radical (unpaired) electrons. The molecule has 31 heavy (non-hydrogen) atoms. The molecule has 0 aliphatic heterocycles. The molecule has 3 aromatic rings. The van der Waals surface area contributed by atoms with Crippen LogP contribution in [-0.2, 0) is 16.3 Å². The smallest absolute Gasteiger partial charge is 0.387 e. The van der Waals surface area contributed by atoms with Gasteiger partial charge in [0.1, 0.15) is 5.75 Å². The fraction of sp³-hybridized carbons (Fsp3) is 0.174. The zero-order valence-electron chi connectivity index (χ0n) is 16.7. The molecule has 0 aliphatic rings. The third-order valence-corrected chi connectivity index (χ3v) is 6.40. The summed E-state index contributed by atoms with van der Waals surface area (Å²) in [6, 6.07) is 19.5. The summed E-state index contributed by atoms with van der Waals surface area (Å²) in [4.78, 5) is 12.7. The van der Waals surface area contributed by atoms with Crippen LogP contribution in [0.15, 0.2) is 77.7 Å². The average molecular weight is 445 g/mol. The summed E-state index contributed by atoms with van der Waals surface area (Å²) in [5.41, 5.74) is 1.69. The first kappa shape index (κ1) is 22.4. The molecule has 0 heterocycles. The summed E-state index contributed by atoms with van der Waals surface area (Å²) in [6.45, 7) is -1.48. The van der Waals surface area contributed by atoms with Crippen LogP contribution in [0.5, 0.6) is 5.75 Å². The number of alkyl halides is 2. The van der Waals surface area contributed by atoms with E-state index in [0.717, 1.165) is 5.56 Å². The van der Waals surface area contributed by atoms with E-state index in [0.29, 0.717) is 17.7 Å². The molecule has 0 aliphatic carbocycles. The van der Waals surface area contributed by atoms with E-state index in [4.69, 9.17) is 0 Å². The van der Waals surface area contributed by atoms with Crippen molar-refractivity contribution in [3.8, 4) is 5.75 Å². The number of carbonyl (C=O) groups is 1. The maximum Gasteiger partial charge on any atom is 0.387 e. The molecule has 0 bridgehead atoms. The Labute approximate surface area is 179 Å². The predicted molar refractivity (Wildman–Crippen MR) is 114 cm³/mol. The van der Waals surface area contributed by atoms with Crippen LogP contribution in [-0.4, -0.2) is 26.7 Å². The predicted octanol–water partition coefficient (Wildman–Crippen LogP) is 4.92. The van der Waals surface area contributed by atoms with E-state index in [2.05, 4.69) is 10.1 Å². The third-order valence-electron chi connectivity index (χ3n) is 4.62. The molecule has 5 nitrogen and oxygen atoms in total. The van der Waals surface area contributed by atoms with Gasteiger partial charge in [-0.15, -0.1) is 0 Å². The summed E-state index contributed by atoms with van der Waals surface area (Å²) in [5.74, 6) is -0.746. The highest BCUT2D eigenvalue weighted by molar-refractivity contribution is 7.91. The highest BCUT2D eigenvalue weighted by Crippen LogP contribution is 2.28. The van der Waals surface area contributed by atoms with Gasteiger partial charge in [0.15, 0.2) is 9.84 Å². The number of hydrogen-bond acceptors (Lipinski definition) is 4. The summed E-state index contributed by atoms with van der Waals surface area (Å²) < 4.78 is 54.9. The van der Waals surface area contributed by atoms with E-state index in [1.54, 1.807) is 18.2 Å². The Morgan fingerprint density at radius 3 is 2.35 bits per heavy atom. The molecule has 0 fully saturated rings. The van der Waals surface area contributed by atoms with Gasteiger partial charge in [-0.3, -0.25) is 4.79 Å². The van der Waals surface area contributed by atoms with Crippen molar-refractivity contribution >= 4 is 21.4 Å². The van der Waals surface area contributed by atoms with Crippen LogP contribution in [0.25, 0.3) is 0 Å². The number of carbonyl (C=O) groups excluding carboxylic acids is 1. The second-order valence-electron chi connectivity index (χ2n) is 6.72. The second kappa shape index (κ2) is 9.70. The lowest BCUT2D eigenvalue weighted by atomic mass is 10.0. The number of anilines is 1. The maximum atomic E-state index is 12.8. The van der Waals surface area contributed by atoms with Gasteiger partial charge in [0, 0.05) is 17.7 Å². The number of sulfone groups is 1. The number of halogens is 2. The molecule has 0 saturated heterocycles. The Kier molecular flexibility index (Phi) is 7.02. The number of hydrogen-bond donors (Lipinski definition) is 1. The fourth-order valence-corrected chi connectivity index (χ4v) is 4.19. The third kappa shape index (κ3) is 5.67. The number of rotatable bonds is 8. The van der Waals surface area contributed by atoms with Crippen molar-refractivity contribution in [2.24, 2.45) is 0 Å². The fourth-order valence-electron chi connectivity index (χ4n) is 3.10. The van der Waals surface area contributed by atoms with Crippen molar-refractivity contribution in [1.29, 1.82) is 0 Å². The monoisotopic (exact) mass is 445 g/mol. The second-order valence-corrected chi connectivity index (χ2v) is 8.96. The van der Waals surface area contributed by atoms with Crippen LogP contribution in [0.1, 0.15) is 28.4 Å². The van der Waals surface area contributed by atoms with Gasteiger partial charge < -0.3 is 10.1 Å². The zero-order chi connectivity index (χ0) is 22.4. The molecule has 1 amide bonds. The van der Waals surface area contributed by atoms with E-state index in [9.17, 15) is 22.0 Å². The SMILES string of the molecule is CCS(=O)(=O)c1ccccc1C(=O)Nc1ccc(OC(F)F)c(Cc2ccccc2)c1. The van der Waals surface area contributed by atoms with Crippen LogP contribution in [0.2, 0.25) is 0 Å². The zero-order valence-corrected chi connectivity index (χ0v) is 17.5. The first-order valence-electron chi connectivity index (χ1n) is 9.55. The number of benzene rings is 3. The Morgan fingerprint density at radius 1 is 1.00 bits per heavy atom. The molecule has 162 valence electrons. The van der Waals surface area contributed by atoms with Crippen LogP contribution in [0.4, 0.5) is 14.5 Å². The molecule has 8 heteroatoms. The minimum absolute atomic E-state index is 0.00538. The molecular formula is C23H21F2NO4S. The van der Waals surface area contributed by atoms with Gasteiger partial charge in [0.2, 0.25) is 0 Å². The minimum atomic E-state index is -3.60. The number of nitrogens with one attached hydrogen (secondary N) is 1. The van der Waals surface area contributed by atoms with Crippen molar-refractivity contribution < 1.29 is 26.7 Å². The molecule has 3 rings (SSSR count). The first-order chi connectivity index (χ1) is 14.8. The minimum Gasteiger partial charge on any atom is -0.435 e. The van der Waals surface area contributed by atoms with E-state index in [1.165, 1.54) is 31.2 Å². The largest absolute Gasteiger partial charge is 0.435 e. The molecule has 0 aromatic heterocycles.